The lowest BCUT2D eigenvalue weighted by Crippen LogP contribution is -2.18. The topological polar surface area (TPSA) is 57.7 Å². The van der Waals surface area contributed by atoms with Gasteiger partial charge in [-0.1, -0.05) is 30.4 Å². The monoisotopic (exact) mass is 403 g/mol. The molecule has 154 valence electrons. The predicted octanol–water partition coefficient (Wildman–Crippen LogP) is 5.25. The van der Waals surface area contributed by atoms with Crippen molar-refractivity contribution < 1.29 is 19.0 Å². The molecule has 0 N–H and O–H groups in total. The van der Waals surface area contributed by atoms with Crippen molar-refractivity contribution in [3.63, 3.8) is 0 Å². The van der Waals surface area contributed by atoms with Crippen LogP contribution in [0.15, 0.2) is 60.9 Å². The molecule has 0 bridgehead atoms. The minimum atomic E-state index is -0.489. The summed E-state index contributed by atoms with van der Waals surface area (Å²) in [6.07, 6.45) is 7.44. The molecular formula is C25H25NO4. The van der Waals surface area contributed by atoms with Gasteiger partial charge in [0.15, 0.2) is 18.1 Å². The zero-order valence-electron chi connectivity index (χ0n) is 17.4. The van der Waals surface area contributed by atoms with Crippen LogP contribution in [0.1, 0.15) is 29.2 Å². The molecule has 0 fully saturated rings. The largest absolute Gasteiger partial charge is 0.490 e. The number of ether oxygens (including phenoxy) is 3. The quantitative estimate of drug-likeness (QED) is 0.380. The molecule has 0 unspecified atom stereocenters. The highest BCUT2D eigenvalue weighted by Gasteiger charge is 2.12. The first-order chi connectivity index (χ1) is 14.5. The van der Waals surface area contributed by atoms with Gasteiger partial charge in [-0.05, 0) is 73.4 Å². The van der Waals surface area contributed by atoms with E-state index >= 15 is 0 Å². The van der Waals surface area contributed by atoms with Crippen LogP contribution in [0.3, 0.4) is 0 Å². The molecule has 0 spiro atoms. The van der Waals surface area contributed by atoms with E-state index in [2.05, 4.69) is 4.98 Å². The minimum absolute atomic E-state index is 0.181. The van der Waals surface area contributed by atoms with Crippen molar-refractivity contribution in [3.8, 4) is 17.2 Å². The van der Waals surface area contributed by atoms with E-state index in [1.165, 1.54) is 0 Å². The Labute approximate surface area is 176 Å². The van der Waals surface area contributed by atoms with Crippen molar-refractivity contribution in [2.45, 2.75) is 20.8 Å². The Balaban J connectivity index is 1.67. The molecule has 1 heterocycles. The van der Waals surface area contributed by atoms with Crippen LogP contribution < -0.4 is 14.2 Å². The van der Waals surface area contributed by atoms with Gasteiger partial charge in [0.2, 0.25) is 0 Å². The highest BCUT2D eigenvalue weighted by molar-refractivity contribution is 5.76. The Hall–Kier alpha value is -3.60. The normalized spacial score (nSPS) is 10.8. The van der Waals surface area contributed by atoms with Gasteiger partial charge in [-0.25, -0.2) is 4.79 Å². The van der Waals surface area contributed by atoms with E-state index in [1.807, 2.05) is 75.4 Å². The summed E-state index contributed by atoms with van der Waals surface area (Å²) in [4.78, 5) is 16.3. The third kappa shape index (κ3) is 5.95. The Morgan fingerprint density at radius 1 is 0.867 bits per heavy atom. The molecule has 0 saturated carbocycles. The molecule has 0 saturated heterocycles. The maximum Gasteiger partial charge on any atom is 0.349 e. The Bertz CT molecular complexity index is 1030. The molecule has 0 aliphatic carbocycles. The lowest BCUT2D eigenvalue weighted by atomic mass is 10.1. The molecule has 0 aliphatic rings. The summed E-state index contributed by atoms with van der Waals surface area (Å²) in [5.41, 5.74) is 4.01. The zero-order chi connectivity index (χ0) is 21.3. The van der Waals surface area contributed by atoms with Crippen LogP contribution in [0.4, 0.5) is 0 Å². The molecule has 2 aromatic carbocycles. The Morgan fingerprint density at radius 3 is 2.40 bits per heavy atom. The molecule has 1 aromatic heterocycles. The van der Waals surface area contributed by atoms with Gasteiger partial charge in [-0.2, -0.15) is 0 Å². The van der Waals surface area contributed by atoms with Crippen LogP contribution >= 0.6 is 0 Å². The van der Waals surface area contributed by atoms with E-state index in [-0.39, 0.29) is 6.61 Å². The first-order valence-corrected chi connectivity index (χ1v) is 9.81. The predicted molar refractivity (Wildman–Crippen MR) is 118 cm³/mol. The fourth-order valence-corrected chi connectivity index (χ4v) is 2.80. The number of hydrogen-bond acceptors (Lipinski definition) is 5. The second-order valence-corrected chi connectivity index (χ2v) is 6.78. The summed E-state index contributed by atoms with van der Waals surface area (Å²) in [6, 6.07) is 15.1. The second-order valence-electron chi connectivity index (χ2n) is 6.78. The molecule has 0 atom stereocenters. The van der Waals surface area contributed by atoms with E-state index in [1.54, 1.807) is 18.5 Å². The number of carbonyl (C=O) groups is 1. The van der Waals surface area contributed by atoms with Crippen molar-refractivity contribution in [2.75, 3.05) is 13.2 Å². The maximum atomic E-state index is 12.3. The fourth-order valence-electron chi connectivity index (χ4n) is 2.80. The third-order valence-corrected chi connectivity index (χ3v) is 4.35. The number of nitrogens with zero attached hydrogens (tertiary/aromatic N) is 1. The first kappa shape index (κ1) is 21.1. The first-order valence-electron chi connectivity index (χ1n) is 9.81. The molecule has 0 aliphatic heterocycles. The van der Waals surface area contributed by atoms with Crippen LogP contribution in [0, 0.1) is 13.8 Å². The van der Waals surface area contributed by atoms with E-state index in [4.69, 9.17) is 14.2 Å². The second kappa shape index (κ2) is 10.3. The van der Waals surface area contributed by atoms with Gasteiger partial charge in [-0.15, -0.1) is 0 Å². The Morgan fingerprint density at radius 2 is 1.63 bits per heavy atom. The molecule has 5 nitrogen and oxygen atoms in total. The number of aryl methyl sites for hydroxylation is 2. The molecule has 0 amide bonds. The average Bonchev–Trinajstić information content (AvgIpc) is 2.75. The van der Waals surface area contributed by atoms with Gasteiger partial charge in [-0.3, -0.25) is 4.98 Å². The summed E-state index contributed by atoms with van der Waals surface area (Å²) >= 11 is 0. The van der Waals surface area contributed by atoms with E-state index < -0.39 is 5.97 Å². The number of rotatable bonds is 8. The number of hydrogen-bond donors (Lipinski definition) is 0. The standard InChI is InChI=1S/C25H25NO4/c1-4-28-24-16-21(8-7-20-11-13-26-14-12-20)9-10-22(24)30-25(27)17-29-23-15-18(2)5-6-19(23)3/h5-16H,4,17H2,1-3H3/b8-7+. The summed E-state index contributed by atoms with van der Waals surface area (Å²) in [7, 11) is 0. The van der Waals surface area contributed by atoms with Gasteiger partial charge in [0.25, 0.3) is 0 Å². The van der Waals surface area contributed by atoms with E-state index in [9.17, 15) is 4.79 Å². The molecule has 5 heteroatoms. The lowest BCUT2D eigenvalue weighted by molar-refractivity contribution is -0.136. The van der Waals surface area contributed by atoms with Crippen molar-refractivity contribution in [1.82, 2.24) is 4.98 Å². The molecule has 3 rings (SSSR count). The van der Waals surface area contributed by atoms with E-state index in [0.29, 0.717) is 23.9 Å². The molecule has 3 aromatic rings. The van der Waals surface area contributed by atoms with Crippen molar-refractivity contribution in [3.05, 3.63) is 83.2 Å². The minimum Gasteiger partial charge on any atom is -0.490 e. The van der Waals surface area contributed by atoms with Gasteiger partial charge < -0.3 is 14.2 Å². The van der Waals surface area contributed by atoms with Gasteiger partial charge in [0.1, 0.15) is 5.75 Å². The van der Waals surface area contributed by atoms with Crippen molar-refractivity contribution in [1.29, 1.82) is 0 Å². The highest BCUT2D eigenvalue weighted by atomic mass is 16.6. The average molecular weight is 403 g/mol. The number of aromatic nitrogens is 1. The molecular weight excluding hydrogens is 378 g/mol. The van der Waals surface area contributed by atoms with Gasteiger partial charge in [0, 0.05) is 12.4 Å². The highest BCUT2D eigenvalue weighted by Crippen LogP contribution is 2.29. The Kier molecular flexibility index (Phi) is 7.22. The van der Waals surface area contributed by atoms with Crippen LogP contribution in [0.2, 0.25) is 0 Å². The summed E-state index contributed by atoms with van der Waals surface area (Å²) in [5.74, 6) is 1.06. The third-order valence-electron chi connectivity index (χ3n) is 4.35. The van der Waals surface area contributed by atoms with Crippen molar-refractivity contribution in [2.24, 2.45) is 0 Å². The van der Waals surface area contributed by atoms with Gasteiger partial charge in [0.05, 0.1) is 6.61 Å². The summed E-state index contributed by atoms with van der Waals surface area (Å²) in [5, 5.41) is 0. The smallest absolute Gasteiger partial charge is 0.349 e. The fraction of sp³-hybridized carbons (Fsp3) is 0.200. The lowest BCUT2D eigenvalue weighted by Gasteiger charge is -2.13. The number of benzene rings is 2. The molecule has 0 radical (unpaired) electrons. The zero-order valence-corrected chi connectivity index (χ0v) is 17.4. The van der Waals surface area contributed by atoms with Crippen molar-refractivity contribution >= 4 is 18.1 Å². The van der Waals surface area contributed by atoms with Crippen LogP contribution in [0.25, 0.3) is 12.2 Å². The van der Waals surface area contributed by atoms with Gasteiger partial charge >= 0.3 is 5.97 Å². The SMILES string of the molecule is CCOc1cc(/C=C/c2ccncc2)ccc1OC(=O)COc1cc(C)ccc1C. The maximum absolute atomic E-state index is 12.3. The molecule has 30 heavy (non-hydrogen) atoms. The van der Waals surface area contributed by atoms with Crippen LogP contribution in [-0.4, -0.2) is 24.2 Å². The van der Waals surface area contributed by atoms with Crippen LogP contribution in [-0.2, 0) is 4.79 Å². The number of esters is 1. The van der Waals surface area contributed by atoms with E-state index in [0.717, 1.165) is 22.3 Å². The van der Waals surface area contributed by atoms with Crippen LogP contribution in [0.5, 0.6) is 17.2 Å². The number of pyridine rings is 1. The summed E-state index contributed by atoms with van der Waals surface area (Å²) in [6.45, 7) is 6.07. The number of carbonyl (C=O) groups excluding carboxylic acids is 1. The summed E-state index contributed by atoms with van der Waals surface area (Å²) < 4.78 is 16.8.